The van der Waals surface area contributed by atoms with E-state index in [9.17, 15) is 26.4 Å². The molecule has 0 bridgehead atoms. The number of alkyl halides is 3. The molecule has 8 heteroatoms. The molecule has 1 aromatic carbocycles. The minimum Gasteiger partial charge on any atom is -0.354 e. The van der Waals surface area contributed by atoms with Crippen LogP contribution in [0.15, 0.2) is 24.3 Å². The molecule has 1 N–H and O–H groups in total. The molecule has 4 nitrogen and oxygen atoms in total. The number of benzene rings is 1. The second kappa shape index (κ2) is 6.90. The molecule has 0 aliphatic heterocycles. The van der Waals surface area contributed by atoms with Crippen LogP contribution in [0, 0.1) is 0 Å². The Balaban J connectivity index is 2.88. The third-order valence-electron chi connectivity index (χ3n) is 3.62. The first kappa shape index (κ1) is 19.5. The fraction of sp³-hybridized carbons (Fsp3) is 0.533. The van der Waals surface area contributed by atoms with E-state index in [2.05, 4.69) is 5.32 Å². The van der Waals surface area contributed by atoms with Crippen molar-refractivity contribution in [3.8, 4) is 0 Å². The normalized spacial score (nSPS) is 13.0. The van der Waals surface area contributed by atoms with Gasteiger partial charge in [0.2, 0.25) is 5.91 Å². The van der Waals surface area contributed by atoms with E-state index in [1.807, 2.05) is 0 Å². The number of rotatable bonds is 6. The topological polar surface area (TPSA) is 63.2 Å². The van der Waals surface area contributed by atoms with Crippen LogP contribution in [0.5, 0.6) is 0 Å². The molecule has 1 aromatic rings. The van der Waals surface area contributed by atoms with Gasteiger partial charge >= 0.3 is 6.18 Å². The number of halogens is 3. The molecule has 1 amide bonds. The first-order chi connectivity index (χ1) is 10.4. The van der Waals surface area contributed by atoms with Gasteiger partial charge in [-0.05, 0) is 25.5 Å². The second-order valence-corrected chi connectivity index (χ2v) is 8.17. The lowest BCUT2D eigenvalue weighted by Gasteiger charge is -2.25. The standard InChI is InChI=1S/C15H20F3NO3S/c1-4-23(21,22)9-8-19-13(20)14(2,3)11-6-5-7-12(10-11)15(16,17)18/h5-7,10H,4,8-9H2,1-3H3,(H,19,20). The largest absolute Gasteiger partial charge is 0.416 e. The van der Waals surface area contributed by atoms with Crippen molar-refractivity contribution in [1.29, 1.82) is 0 Å². The van der Waals surface area contributed by atoms with E-state index in [4.69, 9.17) is 0 Å². The van der Waals surface area contributed by atoms with Gasteiger partial charge in [0.25, 0.3) is 0 Å². The molecule has 1 rings (SSSR count). The molecular weight excluding hydrogens is 331 g/mol. The lowest BCUT2D eigenvalue weighted by Crippen LogP contribution is -2.42. The number of carbonyl (C=O) groups is 1. The van der Waals surface area contributed by atoms with Gasteiger partial charge in [-0.15, -0.1) is 0 Å². The maximum absolute atomic E-state index is 12.8. The minimum absolute atomic E-state index is 0.0279. The Labute approximate surface area is 134 Å². The summed E-state index contributed by atoms with van der Waals surface area (Å²) in [5.74, 6) is -0.753. The Morgan fingerprint density at radius 2 is 1.74 bits per heavy atom. The van der Waals surface area contributed by atoms with E-state index in [-0.39, 0.29) is 23.6 Å². The van der Waals surface area contributed by atoms with Crippen LogP contribution in [0.2, 0.25) is 0 Å². The summed E-state index contributed by atoms with van der Waals surface area (Å²) in [5, 5.41) is 2.47. The van der Waals surface area contributed by atoms with Crippen molar-refractivity contribution in [2.45, 2.75) is 32.4 Å². The predicted molar refractivity (Wildman–Crippen MR) is 81.8 cm³/mol. The highest BCUT2D eigenvalue weighted by molar-refractivity contribution is 7.91. The summed E-state index contributed by atoms with van der Waals surface area (Å²) in [6.45, 7) is 4.42. The van der Waals surface area contributed by atoms with E-state index < -0.39 is 32.9 Å². The maximum atomic E-state index is 12.8. The van der Waals surface area contributed by atoms with Crippen LogP contribution < -0.4 is 5.32 Å². The molecule has 0 aromatic heterocycles. The Hall–Kier alpha value is -1.57. The van der Waals surface area contributed by atoms with Gasteiger partial charge in [-0.25, -0.2) is 8.42 Å². The van der Waals surface area contributed by atoms with Gasteiger partial charge in [0, 0.05) is 12.3 Å². The summed E-state index contributed by atoms with van der Waals surface area (Å²) in [7, 11) is -3.21. The fourth-order valence-corrected chi connectivity index (χ4v) is 2.60. The first-order valence-corrected chi connectivity index (χ1v) is 8.89. The summed E-state index contributed by atoms with van der Waals surface area (Å²) in [5.41, 5.74) is -1.83. The number of amides is 1. The van der Waals surface area contributed by atoms with Crippen LogP contribution in [0.25, 0.3) is 0 Å². The maximum Gasteiger partial charge on any atom is 0.416 e. The van der Waals surface area contributed by atoms with Gasteiger partial charge < -0.3 is 5.32 Å². The third-order valence-corrected chi connectivity index (χ3v) is 5.32. The number of hydrogen-bond donors (Lipinski definition) is 1. The van der Waals surface area contributed by atoms with E-state index >= 15 is 0 Å². The predicted octanol–water partition coefficient (Wildman–Crippen LogP) is 2.53. The van der Waals surface area contributed by atoms with Gasteiger partial charge in [0.05, 0.1) is 16.7 Å². The summed E-state index contributed by atoms with van der Waals surface area (Å²) in [6.07, 6.45) is -4.49. The Morgan fingerprint density at radius 3 is 2.26 bits per heavy atom. The SMILES string of the molecule is CCS(=O)(=O)CCNC(=O)C(C)(C)c1cccc(C(F)(F)F)c1. The van der Waals surface area contributed by atoms with Gasteiger partial charge in [-0.3, -0.25) is 4.79 Å². The van der Waals surface area contributed by atoms with Crippen LogP contribution >= 0.6 is 0 Å². The zero-order valence-corrected chi connectivity index (χ0v) is 14.0. The quantitative estimate of drug-likeness (QED) is 0.857. The number of sulfone groups is 1. The van der Waals surface area contributed by atoms with Gasteiger partial charge in [-0.2, -0.15) is 13.2 Å². The Bertz CT molecular complexity index is 667. The summed E-state index contributed by atoms with van der Waals surface area (Å²) >= 11 is 0. The van der Waals surface area contributed by atoms with Crippen LogP contribution in [0.1, 0.15) is 31.9 Å². The van der Waals surface area contributed by atoms with E-state index in [0.717, 1.165) is 12.1 Å². The molecule has 0 fully saturated rings. The smallest absolute Gasteiger partial charge is 0.354 e. The summed E-state index contributed by atoms with van der Waals surface area (Å²) < 4.78 is 61.0. The lowest BCUT2D eigenvalue weighted by atomic mass is 9.83. The average molecular weight is 351 g/mol. The average Bonchev–Trinajstić information content (AvgIpc) is 2.46. The zero-order valence-electron chi connectivity index (χ0n) is 13.2. The minimum atomic E-state index is -4.49. The Morgan fingerprint density at radius 1 is 1.17 bits per heavy atom. The molecule has 0 heterocycles. The highest BCUT2D eigenvalue weighted by Crippen LogP contribution is 2.32. The van der Waals surface area contributed by atoms with Gasteiger partial charge in [0.15, 0.2) is 9.84 Å². The first-order valence-electron chi connectivity index (χ1n) is 7.06. The van der Waals surface area contributed by atoms with Crippen molar-refractivity contribution in [2.75, 3.05) is 18.1 Å². The molecule has 23 heavy (non-hydrogen) atoms. The van der Waals surface area contributed by atoms with Crippen LogP contribution in [0.4, 0.5) is 13.2 Å². The molecule has 0 aliphatic rings. The van der Waals surface area contributed by atoms with E-state index in [1.54, 1.807) is 0 Å². The molecule has 0 saturated heterocycles. The third kappa shape index (κ3) is 5.23. The number of carbonyl (C=O) groups excluding carboxylic acids is 1. The van der Waals surface area contributed by atoms with Gasteiger partial charge in [0.1, 0.15) is 0 Å². The molecular formula is C15H20F3NO3S. The monoisotopic (exact) mass is 351 g/mol. The summed E-state index contributed by atoms with van der Waals surface area (Å²) in [4.78, 5) is 12.2. The molecule has 0 spiro atoms. The lowest BCUT2D eigenvalue weighted by molar-refractivity contribution is -0.137. The highest BCUT2D eigenvalue weighted by Gasteiger charge is 2.34. The van der Waals surface area contributed by atoms with Crippen molar-refractivity contribution in [2.24, 2.45) is 0 Å². The highest BCUT2D eigenvalue weighted by atomic mass is 32.2. The van der Waals surface area contributed by atoms with Crippen LogP contribution in [0.3, 0.4) is 0 Å². The van der Waals surface area contributed by atoms with Crippen molar-refractivity contribution >= 4 is 15.7 Å². The van der Waals surface area contributed by atoms with Crippen LogP contribution in [-0.2, 0) is 26.2 Å². The van der Waals surface area contributed by atoms with Crippen molar-refractivity contribution < 1.29 is 26.4 Å². The summed E-state index contributed by atoms with van der Waals surface area (Å²) in [6, 6.07) is 4.56. The zero-order chi connectivity index (χ0) is 17.9. The van der Waals surface area contributed by atoms with E-state index in [1.165, 1.54) is 32.9 Å². The molecule has 0 aliphatic carbocycles. The van der Waals surface area contributed by atoms with Gasteiger partial charge in [-0.1, -0.05) is 25.1 Å². The molecule has 0 saturated carbocycles. The van der Waals surface area contributed by atoms with Crippen molar-refractivity contribution in [3.63, 3.8) is 0 Å². The Kier molecular flexibility index (Phi) is 5.84. The fourth-order valence-electron chi connectivity index (χ4n) is 1.90. The molecule has 0 radical (unpaired) electrons. The van der Waals surface area contributed by atoms with E-state index in [0.29, 0.717) is 0 Å². The molecule has 0 unspecified atom stereocenters. The molecule has 0 atom stereocenters. The number of hydrogen-bond acceptors (Lipinski definition) is 3. The second-order valence-electron chi connectivity index (χ2n) is 5.70. The number of nitrogens with one attached hydrogen (secondary N) is 1. The van der Waals surface area contributed by atoms with Crippen molar-refractivity contribution in [3.05, 3.63) is 35.4 Å². The molecule has 130 valence electrons. The van der Waals surface area contributed by atoms with Crippen LogP contribution in [-0.4, -0.2) is 32.4 Å². The van der Waals surface area contributed by atoms with Crippen molar-refractivity contribution in [1.82, 2.24) is 5.32 Å².